The minimum atomic E-state index is -4.34. The zero-order chi connectivity index (χ0) is 15.3. The zero-order valence-electron chi connectivity index (χ0n) is 11.7. The maximum absolute atomic E-state index is 12.6. The highest BCUT2D eigenvalue weighted by Gasteiger charge is 2.30. The topological polar surface area (TPSA) is 29.5 Å². The normalized spacial score (nSPS) is 13.3. The van der Waals surface area contributed by atoms with E-state index in [-0.39, 0.29) is 11.9 Å². The van der Waals surface area contributed by atoms with Crippen molar-refractivity contribution < 1.29 is 22.7 Å². The van der Waals surface area contributed by atoms with Gasteiger partial charge >= 0.3 is 12.1 Å². The zero-order valence-corrected chi connectivity index (χ0v) is 11.7. The summed E-state index contributed by atoms with van der Waals surface area (Å²) in [5.41, 5.74) is -0.108. The lowest BCUT2D eigenvalue weighted by molar-refractivity contribution is -0.145. The van der Waals surface area contributed by atoms with E-state index in [0.29, 0.717) is 18.7 Å². The number of hydrogen-bond donors (Lipinski definition) is 0. The molecule has 0 aliphatic heterocycles. The molecule has 112 valence electrons. The van der Waals surface area contributed by atoms with Crippen LogP contribution < -0.4 is 0 Å². The lowest BCUT2D eigenvalue weighted by Gasteiger charge is -2.20. The van der Waals surface area contributed by atoms with Crippen LogP contribution in [0.25, 0.3) is 0 Å². The summed E-state index contributed by atoms with van der Waals surface area (Å²) in [5.74, 6) is -0.656. The van der Waals surface area contributed by atoms with Crippen LogP contribution in [0.5, 0.6) is 0 Å². The fourth-order valence-corrected chi connectivity index (χ4v) is 1.97. The molecule has 0 fully saturated rings. The quantitative estimate of drug-likeness (QED) is 0.781. The lowest BCUT2D eigenvalue weighted by Crippen LogP contribution is -2.29. The smallest absolute Gasteiger partial charge is 0.416 e. The van der Waals surface area contributed by atoms with E-state index in [1.807, 2.05) is 0 Å². The summed E-state index contributed by atoms with van der Waals surface area (Å²) in [6.45, 7) is 2.47. The molecule has 0 saturated carbocycles. The molecular weight excluding hydrogens is 271 g/mol. The molecule has 20 heavy (non-hydrogen) atoms. The summed E-state index contributed by atoms with van der Waals surface area (Å²) in [6, 6.07) is 5.18. The predicted molar refractivity (Wildman–Crippen MR) is 69.0 cm³/mol. The fourth-order valence-electron chi connectivity index (χ4n) is 1.97. The Bertz CT molecular complexity index is 460. The fraction of sp³-hybridized carbons (Fsp3) is 0.500. The second kappa shape index (κ2) is 6.74. The third-order valence-corrected chi connectivity index (χ3v) is 2.90. The molecular formula is C14H18F3NO2. The number of ether oxygens (including phenoxy) is 1. The Hall–Kier alpha value is -1.56. The number of hydrogen-bond acceptors (Lipinski definition) is 3. The number of benzene rings is 1. The standard InChI is InChI=1S/C14H18F3NO2/c1-10(13(19)20-3)8-18(2)9-11-5-4-6-12(7-11)14(15,16)17/h4-7,10H,8-9H2,1-3H3. The Kier molecular flexibility index (Phi) is 5.56. The molecule has 6 heteroatoms. The molecule has 0 amide bonds. The van der Waals surface area contributed by atoms with Gasteiger partial charge in [0.05, 0.1) is 18.6 Å². The maximum atomic E-state index is 12.6. The minimum absolute atomic E-state index is 0.323. The van der Waals surface area contributed by atoms with Gasteiger partial charge in [-0.1, -0.05) is 25.1 Å². The highest BCUT2D eigenvalue weighted by atomic mass is 19.4. The molecule has 0 aromatic heterocycles. The van der Waals surface area contributed by atoms with Crippen LogP contribution in [0.1, 0.15) is 18.1 Å². The van der Waals surface area contributed by atoms with E-state index in [1.165, 1.54) is 13.2 Å². The van der Waals surface area contributed by atoms with Crippen LogP contribution >= 0.6 is 0 Å². The lowest BCUT2D eigenvalue weighted by atomic mass is 10.1. The SMILES string of the molecule is COC(=O)C(C)CN(C)Cc1cccc(C(F)(F)F)c1. The van der Waals surface area contributed by atoms with Crippen molar-refractivity contribution in [3.63, 3.8) is 0 Å². The van der Waals surface area contributed by atoms with Gasteiger partial charge in [0.2, 0.25) is 0 Å². The molecule has 0 saturated heterocycles. The summed E-state index contributed by atoms with van der Waals surface area (Å²) < 4.78 is 42.4. The van der Waals surface area contributed by atoms with E-state index < -0.39 is 11.7 Å². The molecule has 0 N–H and O–H groups in total. The summed E-state index contributed by atoms with van der Waals surface area (Å²) >= 11 is 0. The first kappa shape index (κ1) is 16.5. The van der Waals surface area contributed by atoms with E-state index in [4.69, 9.17) is 0 Å². The van der Waals surface area contributed by atoms with Crippen molar-refractivity contribution in [2.45, 2.75) is 19.6 Å². The molecule has 1 aromatic carbocycles. The maximum Gasteiger partial charge on any atom is 0.416 e. The van der Waals surface area contributed by atoms with Gasteiger partial charge in [0.15, 0.2) is 0 Å². The molecule has 0 bridgehead atoms. The molecule has 0 aliphatic carbocycles. The van der Waals surface area contributed by atoms with Gasteiger partial charge < -0.3 is 9.64 Å². The first-order valence-corrected chi connectivity index (χ1v) is 6.16. The third-order valence-electron chi connectivity index (χ3n) is 2.90. The van der Waals surface area contributed by atoms with Crippen molar-refractivity contribution in [2.75, 3.05) is 20.7 Å². The molecule has 0 radical (unpaired) electrons. The van der Waals surface area contributed by atoms with Gasteiger partial charge in [-0.15, -0.1) is 0 Å². The van der Waals surface area contributed by atoms with Crippen molar-refractivity contribution in [1.82, 2.24) is 4.90 Å². The third kappa shape index (κ3) is 4.85. The van der Waals surface area contributed by atoms with Gasteiger partial charge in [0.25, 0.3) is 0 Å². The van der Waals surface area contributed by atoms with Crippen molar-refractivity contribution in [1.29, 1.82) is 0 Å². The van der Waals surface area contributed by atoms with Crippen molar-refractivity contribution in [3.05, 3.63) is 35.4 Å². The highest BCUT2D eigenvalue weighted by Crippen LogP contribution is 2.29. The summed E-state index contributed by atoms with van der Waals surface area (Å²) in [4.78, 5) is 13.1. The highest BCUT2D eigenvalue weighted by molar-refractivity contribution is 5.72. The van der Waals surface area contributed by atoms with Gasteiger partial charge in [-0.25, -0.2) is 0 Å². The Morgan fingerprint density at radius 2 is 2.05 bits per heavy atom. The van der Waals surface area contributed by atoms with Crippen LogP contribution in [0.15, 0.2) is 24.3 Å². The van der Waals surface area contributed by atoms with Gasteiger partial charge in [-0.2, -0.15) is 13.2 Å². The van der Waals surface area contributed by atoms with Crippen LogP contribution in [-0.2, 0) is 22.3 Å². The predicted octanol–water partition coefficient (Wildman–Crippen LogP) is 2.95. The van der Waals surface area contributed by atoms with Crippen molar-refractivity contribution >= 4 is 5.97 Å². The van der Waals surface area contributed by atoms with Crippen LogP contribution in [0, 0.1) is 5.92 Å². The van der Waals surface area contributed by atoms with Crippen molar-refractivity contribution in [3.8, 4) is 0 Å². The average Bonchev–Trinajstić information content (AvgIpc) is 2.36. The molecule has 1 unspecified atom stereocenters. The number of carbonyl (C=O) groups is 1. The Morgan fingerprint density at radius 3 is 2.60 bits per heavy atom. The van der Waals surface area contributed by atoms with E-state index in [0.717, 1.165) is 12.1 Å². The summed E-state index contributed by atoms with van der Waals surface area (Å²) in [5, 5.41) is 0. The van der Waals surface area contributed by atoms with Crippen LogP contribution in [0.4, 0.5) is 13.2 Å². The Balaban J connectivity index is 2.67. The number of methoxy groups -OCH3 is 1. The molecule has 1 aromatic rings. The Morgan fingerprint density at radius 1 is 1.40 bits per heavy atom. The monoisotopic (exact) mass is 289 g/mol. The second-order valence-electron chi connectivity index (χ2n) is 4.82. The summed E-state index contributed by atoms with van der Waals surface area (Å²) in [7, 11) is 3.06. The van der Waals surface area contributed by atoms with E-state index >= 15 is 0 Å². The minimum Gasteiger partial charge on any atom is -0.469 e. The second-order valence-corrected chi connectivity index (χ2v) is 4.82. The molecule has 3 nitrogen and oxygen atoms in total. The van der Waals surface area contributed by atoms with Crippen molar-refractivity contribution in [2.24, 2.45) is 5.92 Å². The summed E-state index contributed by atoms with van der Waals surface area (Å²) in [6.07, 6.45) is -4.34. The van der Waals surface area contributed by atoms with Crippen LogP contribution in [0.3, 0.4) is 0 Å². The molecule has 0 spiro atoms. The number of alkyl halides is 3. The number of esters is 1. The largest absolute Gasteiger partial charge is 0.469 e. The van der Waals surface area contributed by atoms with Crippen LogP contribution in [-0.4, -0.2) is 31.6 Å². The number of nitrogens with zero attached hydrogens (tertiary/aromatic N) is 1. The first-order chi connectivity index (χ1) is 9.24. The average molecular weight is 289 g/mol. The van der Waals surface area contributed by atoms with E-state index in [9.17, 15) is 18.0 Å². The van der Waals surface area contributed by atoms with Gasteiger partial charge in [0, 0.05) is 13.1 Å². The van der Waals surface area contributed by atoms with Crippen LogP contribution in [0.2, 0.25) is 0 Å². The molecule has 1 rings (SSSR count). The van der Waals surface area contributed by atoms with Gasteiger partial charge in [-0.05, 0) is 18.7 Å². The number of rotatable bonds is 5. The van der Waals surface area contributed by atoms with E-state index in [1.54, 1.807) is 24.9 Å². The first-order valence-electron chi connectivity index (χ1n) is 6.16. The Labute approximate surface area is 116 Å². The molecule has 0 heterocycles. The molecule has 0 aliphatic rings. The van der Waals surface area contributed by atoms with Gasteiger partial charge in [0.1, 0.15) is 0 Å². The number of carbonyl (C=O) groups excluding carboxylic acids is 1. The molecule has 1 atom stereocenters. The van der Waals surface area contributed by atoms with Gasteiger partial charge in [-0.3, -0.25) is 4.79 Å². The number of halogens is 3. The van der Waals surface area contributed by atoms with E-state index in [2.05, 4.69) is 4.74 Å².